The second kappa shape index (κ2) is 7.47. The molecule has 2 N–H and O–H groups in total. The van der Waals surface area contributed by atoms with E-state index in [1.54, 1.807) is 6.92 Å². The van der Waals surface area contributed by atoms with Crippen LogP contribution in [-0.4, -0.2) is 30.0 Å². The molecule has 20 heavy (non-hydrogen) atoms. The number of nitrogens with one attached hydrogen (secondary N) is 1. The number of carbonyl (C=O) groups excluding carboxylic acids is 1. The fourth-order valence-electron chi connectivity index (χ4n) is 1.48. The third kappa shape index (κ3) is 4.87. The molecule has 0 atom stereocenters. The topological polar surface area (TPSA) is 70.9 Å². The lowest BCUT2D eigenvalue weighted by Gasteiger charge is -2.12. The van der Waals surface area contributed by atoms with Crippen LogP contribution in [0.1, 0.15) is 26.3 Å². The van der Waals surface area contributed by atoms with Crippen LogP contribution in [0.3, 0.4) is 0 Å². The number of nitrogens with zero attached hydrogens (tertiary/aromatic N) is 1. The van der Waals surface area contributed by atoms with E-state index in [0.29, 0.717) is 18.0 Å². The van der Waals surface area contributed by atoms with E-state index in [2.05, 4.69) is 10.5 Å². The highest BCUT2D eigenvalue weighted by Gasteiger charge is 2.11. The van der Waals surface area contributed by atoms with Crippen molar-refractivity contribution in [1.29, 1.82) is 0 Å². The summed E-state index contributed by atoms with van der Waals surface area (Å²) in [6.07, 6.45) is 0. The van der Waals surface area contributed by atoms with Gasteiger partial charge in [0.25, 0.3) is 5.91 Å². The van der Waals surface area contributed by atoms with Crippen LogP contribution in [0.4, 0.5) is 4.39 Å². The van der Waals surface area contributed by atoms with E-state index >= 15 is 0 Å². The number of carbonyl (C=O) groups is 1. The SMILES string of the molecule is CC(=NO)c1ccc(F)cc1OCC(=O)NCC(C)C. The third-order valence-corrected chi connectivity index (χ3v) is 2.55. The maximum atomic E-state index is 13.2. The van der Waals surface area contributed by atoms with Gasteiger partial charge < -0.3 is 15.3 Å². The summed E-state index contributed by atoms with van der Waals surface area (Å²) < 4.78 is 18.5. The maximum absolute atomic E-state index is 13.2. The molecule has 0 heterocycles. The largest absolute Gasteiger partial charge is 0.483 e. The lowest BCUT2D eigenvalue weighted by atomic mass is 10.1. The fourth-order valence-corrected chi connectivity index (χ4v) is 1.48. The van der Waals surface area contributed by atoms with Gasteiger partial charge in [-0.1, -0.05) is 19.0 Å². The molecule has 0 aliphatic heterocycles. The fraction of sp³-hybridized carbons (Fsp3) is 0.429. The first-order valence-corrected chi connectivity index (χ1v) is 6.32. The van der Waals surface area contributed by atoms with Crippen molar-refractivity contribution in [3.63, 3.8) is 0 Å². The van der Waals surface area contributed by atoms with Crippen LogP contribution in [0, 0.1) is 11.7 Å². The van der Waals surface area contributed by atoms with Gasteiger partial charge in [-0.2, -0.15) is 0 Å². The van der Waals surface area contributed by atoms with Crippen molar-refractivity contribution >= 4 is 11.6 Å². The summed E-state index contributed by atoms with van der Waals surface area (Å²) in [6.45, 7) is 5.84. The van der Waals surface area contributed by atoms with Gasteiger partial charge >= 0.3 is 0 Å². The predicted molar refractivity (Wildman–Crippen MR) is 73.7 cm³/mol. The van der Waals surface area contributed by atoms with Crippen LogP contribution in [-0.2, 0) is 4.79 Å². The van der Waals surface area contributed by atoms with Gasteiger partial charge in [0, 0.05) is 18.2 Å². The summed E-state index contributed by atoms with van der Waals surface area (Å²) in [5.41, 5.74) is 0.716. The molecule has 1 amide bonds. The Labute approximate surface area is 117 Å². The van der Waals surface area contributed by atoms with Crippen molar-refractivity contribution in [2.75, 3.05) is 13.2 Å². The number of halogens is 1. The average molecular weight is 282 g/mol. The highest BCUT2D eigenvalue weighted by Crippen LogP contribution is 2.20. The lowest BCUT2D eigenvalue weighted by molar-refractivity contribution is -0.123. The van der Waals surface area contributed by atoms with Crippen molar-refractivity contribution < 1.29 is 19.1 Å². The molecule has 0 spiro atoms. The van der Waals surface area contributed by atoms with Gasteiger partial charge in [-0.25, -0.2) is 4.39 Å². The Morgan fingerprint density at radius 3 is 2.80 bits per heavy atom. The molecular formula is C14H19FN2O3. The van der Waals surface area contributed by atoms with Crippen molar-refractivity contribution in [2.24, 2.45) is 11.1 Å². The Bertz CT molecular complexity index is 501. The maximum Gasteiger partial charge on any atom is 0.257 e. The average Bonchev–Trinajstić information content (AvgIpc) is 2.42. The van der Waals surface area contributed by atoms with Crippen molar-refractivity contribution in [2.45, 2.75) is 20.8 Å². The third-order valence-electron chi connectivity index (χ3n) is 2.55. The van der Waals surface area contributed by atoms with Gasteiger partial charge in [0.05, 0.1) is 5.71 Å². The zero-order valence-corrected chi connectivity index (χ0v) is 11.8. The van der Waals surface area contributed by atoms with E-state index in [-0.39, 0.29) is 24.0 Å². The van der Waals surface area contributed by atoms with Gasteiger partial charge in [0.2, 0.25) is 0 Å². The van der Waals surface area contributed by atoms with Gasteiger partial charge in [0.15, 0.2) is 6.61 Å². The van der Waals surface area contributed by atoms with E-state index in [4.69, 9.17) is 9.94 Å². The Morgan fingerprint density at radius 2 is 2.20 bits per heavy atom. The lowest BCUT2D eigenvalue weighted by Crippen LogP contribution is -2.31. The Morgan fingerprint density at radius 1 is 1.50 bits per heavy atom. The van der Waals surface area contributed by atoms with Gasteiger partial charge in [0.1, 0.15) is 11.6 Å². The highest BCUT2D eigenvalue weighted by atomic mass is 19.1. The standard InChI is InChI=1S/C14H19FN2O3/c1-9(2)7-16-14(18)8-20-13-6-11(15)4-5-12(13)10(3)17-19/h4-6,9,19H,7-8H2,1-3H3,(H,16,18). The summed E-state index contributed by atoms with van der Waals surface area (Å²) in [6, 6.07) is 3.82. The number of oxime groups is 1. The van der Waals surface area contributed by atoms with Crippen LogP contribution in [0.2, 0.25) is 0 Å². The number of rotatable bonds is 6. The van der Waals surface area contributed by atoms with Crippen LogP contribution >= 0.6 is 0 Å². The quantitative estimate of drug-likeness (QED) is 0.477. The zero-order valence-electron chi connectivity index (χ0n) is 11.8. The molecule has 0 fully saturated rings. The van der Waals surface area contributed by atoms with Crippen LogP contribution in [0.5, 0.6) is 5.75 Å². The van der Waals surface area contributed by atoms with Gasteiger partial charge in [-0.05, 0) is 25.0 Å². The molecular weight excluding hydrogens is 263 g/mol. The molecule has 0 saturated heterocycles. The van der Waals surface area contributed by atoms with E-state index in [9.17, 15) is 9.18 Å². The second-order valence-electron chi connectivity index (χ2n) is 4.81. The number of hydrogen-bond acceptors (Lipinski definition) is 4. The number of hydrogen-bond donors (Lipinski definition) is 2. The molecule has 0 radical (unpaired) electrons. The molecule has 0 unspecified atom stereocenters. The molecule has 110 valence electrons. The van der Waals surface area contributed by atoms with E-state index in [1.165, 1.54) is 12.1 Å². The smallest absolute Gasteiger partial charge is 0.257 e. The summed E-state index contributed by atoms with van der Waals surface area (Å²) in [5.74, 6) is -0.267. The van der Waals surface area contributed by atoms with E-state index < -0.39 is 5.82 Å². The number of ether oxygens (including phenoxy) is 1. The normalized spacial score (nSPS) is 11.6. The molecule has 5 nitrogen and oxygen atoms in total. The molecule has 1 aromatic carbocycles. The van der Waals surface area contributed by atoms with E-state index in [1.807, 2.05) is 13.8 Å². The Hall–Kier alpha value is -2.11. The first kappa shape index (κ1) is 15.9. The monoisotopic (exact) mass is 282 g/mol. The zero-order chi connectivity index (χ0) is 15.1. The number of benzene rings is 1. The molecule has 1 aromatic rings. The summed E-state index contributed by atoms with van der Waals surface area (Å²) in [4.78, 5) is 11.5. The van der Waals surface area contributed by atoms with Crippen LogP contribution in [0.15, 0.2) is 23.4 Å². The summed E-state index contributed by atoms with van der Waals surface area (Å²) in [5, 5.41) is 14.5. The minimum atomic E-state index is -0.489. The van der Waals surface area contributed by atoms with Crippen molar-refractivity contribution in [1.82, 2.24) is 5.32 Å². The van der Waals surface area contributed by atoms with Crippen LogP contribution in [0.25, 0.3) is 0 Å². The molecule has 0 aliphatic rings. The molecule has 0 aliphatic carbocycles. The second-order valence-corrected chi connectivity index (χ2v) is 4.81. The molecule has 1 rings (SSSR count). The predicted octanol–water partition coefficient (Wildman–Crippen LogP) is 2.17. The van der Waals surface area contributed by atoms with Crippen LogP contribution < -0.4 is 10.1 Å². The van der Waals surface area contributed by atoms with Crippen molar-refractivity contribution in [3.05, 3.63) is 29.6 Å². The van der Waals surface area contributed by atoms with E-state index in [0.717, 1.165) is 6.07 Å². The first-order chi connectivity index (χ1) is 9.43. The minimum Gasteiger partial charge on any atom is -0.483 e. The molecule has 6 heteroatoms. The van der Waals surface area contributed by atoms with Gasteiger partial charge in [-0.3, -0.25) is 4.79 Å². The Balaban J connectivity index is 2.72. The first-order valence-electron chi connectivity index (χ1n) is 6.32. The summed E-state index contributed by atoms with van der Waals surface area (Å²) in [7, 11) is 0. The molecule has 0 saturated carbocycles. The highest BCUT2D eigenvalue weighted by molar-refractivity contribution is 6.00. The molecule has 0 bridgehead atoms. The number of amides is 1. The van der Waals surface area contributed by atoms with Gasteiger partial charge in [-0.15, -0.1) is 0 Å². The Kier molecular flexibility index (Phi) is 5.96. The minimum absolute atomic E-state index is 0.167. The summed E-state index contributed by atoms with van der Waals surface area (Å²) >= 11 is 0. The van der Waals surface area contributed by atoms with Crippen molar-refractivity contribution in [3.8, 4) is 5.75 Å². The molecule has 0 aromatic heterocycles.